The Kier molecular flexibility index (Phi) is 4.52. The van der Waals surface area contributed by atoms with Gasteiger partial charge in [0.25, 0.3) is 0 Å². The molecule has 1 aromatic heterocycles. The topological polar surface area (TPSA) is 72.2 Å². The molecule has 0 radical (unpaired) electrons. The molecule has 0 spiro atoms. The lowest BCUT2D eigenvalue weighted by atomic mass is 10.1. The van der Waals surface area contributed by atoms with Gasteiger partial charge in [-0.25, -0.2) is 0 Å². The minimum Gasteiger partial charge on any atom is -0.361 e. The molecule has 21 heavy (non-hydrogen) atoms. The number of nitrogens with one attached hydrogen (secondary N) is 1. The largest absolute Gasteiger partial charge is 0.361 e. The first-order valence-corrected chi connectivity index (χ1v) is 6.80. The maximum Gasteiger partial charge on any atom is 0.224 e. The summed E-state index contributed by atoms with van der Waals surface area (Å²) in [5.74, 6) is 0.622. The molecule has 0 saturated heterocycles. The summed E-state index contributed by atoms with van der Waals surface area (Å²) in [6.45, 7) is 5.20. The van der Waals surface area contributed by atoms with Crippen molar-refractivity contribution in [2.24, 2.45) is 0 Å². The van der Waals surface area contributed by atoms with Crippen molar-refractivity contribution in [3.63, 3.8) is 0 Å². The Hall–Kier alpha value is -2.43. The summed E-state index contributed by atoms with van der Waals surface area (Å²) in [6.07, 6.45) is 0.923. The van der Waals surface area contributed by atoms with E-state index >= 15 is 0 Å². The smallest absolute Gasteiger partial charge is 0.224 e. The van der Waals surface area contributed by atoms with Gasteiger partial charge in [0.05, 0.1) is 5.69 Å². The van der Waals surface area contributed by atoms with Gasteiger partial charge in [-0.2, -0.15) is 0 Å². The molecule has 0 unspecified atom stereocenters. The number of aryl methyl sites for hydroxylation is 2. The number of Topliss-reactive ketones (excluding diaryl/α,β-unsaturated/α-hetero) is 1. The summed E-state index contributed by atoms with van der Waals surface area (Å²) >= 11 is 0. The molecule has 0 aliphatic carbocycles. The summed E-state index contributed by atoms with van der Waals surface area (Å²) in [5, 5.41) is 6.66. The quantitative estimate of drug-likeness (QED) is 0.857. The highest BCUT2D eigenvalue weighted by Crippen LogP contribution is 2.16. The number of rotatable bonds is 5. The standard InChI is InChI=1S/C16H18N2O3/c1-10-15(12(3)21-18-10)7-8-16(20)17-14-6-4-5-13(9-14)11(2)19/h4-6,9H,7-8H2,1-3H3,(H,17,20). The maximum atomic E-state index is 12.0. The number of hydrogen-bond donors (Lipinski definition) is 1. The number of amides is 1. The van der Waals surface area contributed by atoms with E-state index in [0.29, 0.717) is 24.1 Å². The Morgan fingerprint density at radius 2 is 2.05 bits per heavy atom. The van der Waals surface area contributed by atoms with Crippen LogP contribution in [-0.2, 0) is 11.2 Å². The molecule has 5 heteroatoms. The van der Waals surface area contributed by atoms with Crippen molar-refractivity contribution in [3.8, 4) is 0 Å². The van der Waals surface area contributed by atoms with Gasteiger partial charge in [0.15, 0.2) is 5.78 Å². The zero-order valence-corrected chi connectivity index (χ0v) is 12.4. The summed E-state index contributed by atoms with van der Waals surface area (Å²) in [5.41, 5.74) is 3.01. The lowest BCUT2D eigenvalue weighted by Gasteiger charge is -2.06. The molecule has 0 fully saturated rings. The second-order valence-corrected chi connectivity index (χ2v) is 4.99. The summed E-state index contributed by atoms with van der Waals surface area (Å²) < 4.78 is 5.07. The van der Waals surface area contributed by atoms with Gasteiger partial charge in [-0.1, -0.05) is 17.3 Å². The molecular formula is C16H18N2O3. The fraction of sp³-hybridized carbons (Fsp3) is 0.312. The normalized spacial score (nSPS) is 10.4. The SMILES string of the molecule is CC(=O)c1cccc(NC(=O)CCc2c(C)noc2C)c1. The van der Waals surface area contributed by atoms with E-state index in [2.05, 4.69) is 10.5 Å². The van der Waals surface area contributed by atoms with Gasteiger partial charge < -0.3 is 9.84 Å². The van der Waals surface area contributed by atoms with E-state index in [1.54, 1.807) is 24.3 Å². The minimum absolute atomic E-state index is 0.0261. The van der Waals surface area contributed by atoms with E-state index in [1.807, 2.05) is 13.8 Å². The second-order valence-electron chi connectivity index (χ2n) is 4.99. The fourth-order valence-corrected chi connectivity index (χ4v) is 2.14. The molecule has 1 heterocycles. The van der Waals surface area contributed by atoms with Crippen LogP contribution in [0.5, 0.6) is 0 Å². The summed E-state index contributed by atoms with van der Waals surface area (Å²) in [4.78, 5) is 23.3. The van der Waals surface area contributed by atoms with Crippen LogP contribution in [-0.4, -0.2) is 16.8 Å². The number of ketones is 1. The molecule has 1 aromatic carbocycles. The van der Waals surface area contributed by atoms with Crippen molar-refractivity contribution in [1.29, 1.82) is 0 Å². The number of anilines is 1. The van der Waals surface area contributed by atoms with E-state index in [4.69, 9.17) is 4.52 Å². The Labute approximate surface area is 123 Å². The maximum absolute atomic E-state index is 12.0. The first-order chi connectivity index (χ1) is 9.97. The fourth-order valence-electron chi connectivity index (χ4n) is 2.14. The van der Waals surface area contributed by atoms with Gasteiger partial charge >= 0.3 is 0 Å². The third-order valence-electron chi connectivity index (χ3n) is 3.34. The van der Waals surface area contributed by atoms with Crippen LogP contribution in [0.1, 0.15) is 40.7 Å². The van der Waals surface area contributed by atoms with Crippen LogP contribution in [0.4, 0.5) is 5.69 Å². The van der Waals surface area contributed by atoms with Crippen LogP contribution in [0.15, 0.2) is 28.8 Å². The van der Waals surface area contributed by atoms with E-state index in [9.17, 15) is 9.59 Å². The zero-order valence-electron chi connectivity index (χ0n) is 12.4. The van der Waals surface area contributed by atoms with Crippen molar-refractivity contribution in [2.75, 3.05) is 5.32 Å². The molecule has 110 valence electrons. The molecule has 0 atom stereocenters. The van der Waals surface area contributed by atoms with Crippen molar-refractivity contribution >= 4 is 17.4 Å². The Morgan fingerprint density at radius 3 is 2.67 bits per heavy atom. The van der Waals surface area contributed by atoms with Crippen molar-refractivity contribution in [2.45, 2.75) is 33.6 Å². The summed E-state index contributed by atoms with van der Waals surface area (Å²) in [6, 6.07) is 6.92. The molecule has 0 bridgehead atoms. The second kappa shape index (κ2) is 6.35. The van der Waals surface area contributed by atoms with Crippen LogP contribution >= 0.6 is 0 Å². The van der Waals surface area contributed by atoms with Crippen molar-refractivity contribution in [3.05, 3.63) is 46.8 Å². The van der Waals surface area contributed by atoms with Gasteiger partial charge in [-0.15, -0.1) is 0 Å². The summed E-state index contributed by atoms with van der Waals surface area (Å²) in [7, 11) is 0. The number of aromatic nitrogens is 1. The highest BCUT2D eigenvalue weighted by atomic mass is 16.5. The number of carbonyl (C=O) groups excluding carboxylic acids is 2. The van der Waals surface area contributed by atoms with Gasteiger partial charge in [-0.3, -0.25) is 9.59 Å². The molecule has 0 aliphatic heterocycles. The van der Waals surface area contributed by atoms with Gasteiger partial charge in [0.1, 0.15) is 5.76 Å². The van der Waals surface area contributed by atoms with Crippen LogP contribution in [0.2, 0.25) is 0 Å². The van der Waals surface area contributed by atoms with Crippen LogP contribution in [0.25, 0.3) is 0 Å². The van der Waals surface area contributed by atoms with Gasteiger partial charge in [-0.05, 0) is 39.3 Å². The number of carbonyl (C=O) groups is 2. The Bertz CT molecular complexity index is 654. The minimum atomic E-state index is -0.101. The van der Waals surface area contributed by atoms with Crippen molar-refractivity contribution in [1.82, 2.24) is 5.16 Å². The van der Waals surface area contributed by atoms with E-state index in [0.717, 1.165) is 17.0 Å². The third kappa shape index (κ3) is 3.78. The molecular weight excluding hydrogens is 268 g/mol. The highest BCUT2D eigenvalue weighted by molar-refractivity contribution is 5.97. The highest BCUT2D eigenvalue weighted by Gasteiger charge is 2.11. The van der Waals surface area contributed by atoms with Crippen LogP contribution in [0.3, 0.4) is 0 Å². The zero-order chi connectivity index (χ0) is 15.4. The monoisotopic (exact) mass is 286 g/mol. The molecule has 0 aliphatic rings. The van der Waals surface area contributed by atoms with Gasteiger partial charge in [0.2, 0.25) is 5.91 Å². The molecule has 2 aromatic rings. The Balaban J connectivity index is 1.96. The molecule has 5 nitrogen and oxygen atoms in total. The Morgan fingerprint density at radius 1 is 1.29 bits per heavy atom. The average molecular weight is 286 g/mol. The first-order valence-electron chi connectivity index (χ1n) is 6.80. The number of benzene rings is 1. The molecule has 0 saturated carbocycles. The predicted molar refractivity (Wildman–Crippen MR) is 79.4 cm³/mol. The van der Waals surface area contributed by atoms with Crippen molar-refractivity contribution < 1.29 is 14.1 Å². The lowest BCUT2D eigenvalue weighted by Crippen LogP contribution is -2.13. The van der Waals surface area contributed by atoms with E-state index in [1.165, 1.54) is 6.92 Å². The van der Waals surface area contributed by atoms with Gasteiger partial charge in [0, 0.05) is 23.2 Å². The molecule has 1 amide bonds. The van der Waals surface area contributed by atoms with Crippen LogP contribution < -0.4 is 5.32 Å². The van der Waals surface area contributed by atoms with E-state index < -0.39 is 0 Å². The predicted octanol–water partition coefficient (Wildman–Crippen LogP) is 3.07. The number of hydrogen-bond acceptors (Lipinski definition) is 4. The average Bonchev–Trinajstić information content (AvgIpc) is 2.76. The molecule has 2 rings (SSSR count). The van der Waals surface area contributed by atoms with E-state index in [-0.39, 0.29) is 11.7 Å². The first kappa shape index (κ1) is 15.0. The van der Waals surface area contributed by atoms with Crippen LogP contribution in [0, 0.1) is 13.8 Å². The lowest BCUT2D eigenvalue weighted by molar-refractivity contribution is -0.116. The number of nitrogens with zero attached hydrogens (tertiary/aromatic N) is 1. The molecule has 1 N–H and O–H groups in total. The third-order valence-corrected chi connectivity index (χ3v) is 3.34.